The van der Waals surface area contributed by atoms with E-state index in [0.717, 1.165) is 11.3 Å². The highest BCUT2D eigenvalue weighted by Crippen LogP contribution is 2.13. The van der Waals surface area contributed by atoms with Crippen molar-refractivity contribution in [3.05, 3.63) is 65.2 Å². The summed E-state index contributed by atoms with van der Waals surface area (Å²) >= 11 is 5.76. The number of methoxy groups -OCH3 is 1. The van der Waals surface area contributed by atoms with Crippen LogP contribution in [0.15, 0.2) is 54.6 Å². The molecule has 29 heavy (non-hydrogen) atoms. The number of nitrogens with one attached hydrogen (secondary N) is 2. The molecule has 0 aromatic heterocycles. The van der Waals surface area contributed by atoms with Crippen LogP contribution in [0.1, 0.15) is 12.0 Å². The highest BCUT2D eigenvalue weighted by atomic mass is 35.5. The lowest BCUT2D eigenvalue weighted by Crippen LogP contribution is -2.26. The van der Waals surface area contributed by atoms with Crippen LogP contribution in [0.25, 0.3) is 6.08 Å². The maximum Gasteiger partial charge on any atom is 0.308 e. The Morgan fingerprint density at radius 3 is 2.38 bits per heavy atom. The molecule has 0 heterocycles. The van der Waals surface area contributed by atoms with E-state index in [0.29, 0.717) is 10.7 Å². The Hall–Kier alpha value is -3.32. The summed E-state index contributed by atoms with van der Waals surface area (Å²) in [5.41, 5.74) is 1.39. The lowest BCUT2D eigenvalue weighted by molar-refractivity contribution is -0.147. The van der Waals surface area contributed by atoms with E-state index in [1.54, 1.807) is 49.6 Å². The summed E-state index contributed by atoms with van der Waals surface area (Å²) in [5, 5.41) is 5.70. The van der Waals surface area contributed by atoms with Gasteiger partial charge in [0.25, 0.3) is 5.91 Å². The molecule has 0 aliphatic rings. The fourth-order valence-electron chi connectivity index (χ4n) is 2.18. The Bertz CT molecular complexity index is 864. The van der Waals surface area contributed by atoms with Gasteiger partial charge in [-0.15, -0.1) is 0 Å². The van der Waals surface area contributed by atoms with Gasteiger partial charge in [-0.2, -0.15) is 0 Å². The molecular weight excluding hydrogens is 396 g/mol. The van der Waals surface area contributed by atoms with Gasteiger partial charge in [-0.25, -0.2) is 0 Å². The average molecular weight is 417 g/mol. The van der Waals surface area contributed by atoms with Crippen molar-refractivity contribution in [2.75, 3.05) is 25.6 Å². The second-order valence-corrected chi connectivity index (χ2v) is 6.30. The SMILES string of the molecule is COc1ccc(/C=C/C(=O)NCCC(=O)OCC(=O)Nc2ccc(Cl)cc2)cc1. The van der Waals surface area contributed by atoms with Crippen LogP contribution in [-0.2, 0) is 19.1 Å². The number of esters is 1. The molecule has 7 nitrogen and oxygen atoms in total. The number of carbonyl (C=O) groups is 3. The van der Waals surface area contributed by atoms with Crippen LogP contribution in [0, 0.1) is 0 Å². The maximum absolute atomic E-state index is 11.8. The van der Waals surface area contributed by atoms with Crippen LogP contribution in [0.2, 0.25) is 5.02 Å². The van der Waals surface area contributed by atoms with Crippen molar-refractivity contribution in [2.24, 2.45) is 0 Å². The lowest BCUT2D eigenvalue weighted by Gasteiger charge is -2.07. The van der Waals surface area contributed by atoms with Crippen LogP contribution >= 0.6 is 11.6 Å². The number of benzene rings is 2. The monoisotopic (exact) mass is 416 g/mol. The number of ether oxygens (including phenoxy) is 2. The number of anilines is 1. The summed E-state index contributed by atoms with van der Waals surface area (Å²) < 4.78 is 9.94. The standard InChI is InChI=1S/C21H21ClN2O5/c1-28-18-9-2-15(3-10-18)4-11-19(25)23-13-12-21(27)29-14-20(26)24-17-7-5-16(22)6-8-17/h2-11H,12-14H2,1H3,(H,23,25)(H,24,26)/b11-4+. The van der Waals surface area contributed by atoms with Crippen LogP contribution < -0.4 is 15.4 Å². The van der Waals surface area contributed by atoms with E-state index in [-0.39, 0.29) is 18.9 Å². The molecule has 0 aliphatic carbocycles. The van der Waals surface area contributed by atoms with Crippen molar-refractivity contribution in [3.63, 3.8) is 0 Å². The highest BCUT2D eigenvalue weighted by molar-refractivity contribution is 6.30. The van der Waals surface area contributed by atoms with E-state index in [9.17, 15) is 14.4 Å². The van der Waals surface area contributed by atoms with E-state index < -0.39 is 18.5 Å². The number of carbonyl (C=O) groups excluding carboxylic acids is 3. The second-order valence-electron chi connectivity index (χ2n) is 5.86. The number of hydrogen-bond acceptors (Lipinski definition) is 5. The van der Waals surface area contributed by atoms with Gasteiger partial charge in [-0.05, 0) is 48.0 Å². The zero-order chi connectivity index (χ0) is 21.1. The molecule has 2 aromatic carbocycles. The zero-order valence-corrected chi connectivity index (χ0v) is 16.6. The first-order valence-electron chi connectivity index (χ1n) is 8.77. The molecule has 2 N–H and O–H groups in total. The topological polar surface area (TPSA) is 93.7 Å². The first-order chi connectivity index (χ1) is 14.0. The molecular formula is C21H21ClN2O5. The Kier molecular flexibility index (Phi) is 8.72. The van der Waals surface area contributed by atoms with Crippen molar-refractivity contribution < 1.29 is 23.9 Å². The van der Waals surface area contributed by atoms with Crippen molar-refractivity contribution in [1.82, 2.24) is 5.32 Å². The summed E-state index contributed by atoms with van der Waals surface area (Å²) in [6.07, 6.45) is 2.97. The third-order valence-corrected chi connectivity index (χ3v) is 3.92. The molecule has 0 bridgehead atoms. The average Bonchev–Trinajstić information content (AvgIpc) is 2.73. The Labute approximate surface area is 173 Å². The van der Waals surface area contributed by atoms with Gasteiger partial charge < -0.3 is 20.1 Å². The number of halogens is 1. The van der Waals surface area contributed by atoms with Crippen molar-refractivity contribution in [2.45, 2.75) is 6.42 Å². The van der Waals surface area contributed by atoms with E-state index in [4.69, 9.17) is 21.1 Å². The van der Waals surface area contributed by atoms with Crippen LogP contribution in [0.3, 0.4) is 0 Å². The molecule has 0 fully saturated rings. The van der Waals surface area contributed by atoms with E-state index >= 15 is 0 Å². The Morgan fingerprint density at radius 2 is 1.72 bits per heavy atom. The lowest BCUT2D eigenvalue weighted by atomic mass is 10.2. The summed E-state index contributed by atoms with van der Waals surface area (Å²) in [6, 6.07) is 13.7. The third-order valence-electron chi connectivity index (χ3n) is 3.66. The van der Waals surface area contributed by atoms with Crippen molar-refractivity contribution in [3.8, 4) is 5.75 Å². The fraction of sp³-hybridized carbons (Fsp3) is 0.190. The van der Waals surface area contributed by atoms with Crippen molar-refractivity contribution >= 4 is 41.1 Å². The summed E-state index contributed by atoms with van der Waals surface area (Å²) in [7, 11) is 1.58. The smallest absolute Gasteiger partial charge is 0.308 e. The Balaban J connectivity index is 1.62. The molecule has 0 unspecified atom stereocenters. The largest absolute Gasteiger partial charge is 0.497 e. The molecule has 2 rings (SSSR count). The fourth-order valence-corrected chi connectivity index (χ4v) is 2.31. The third kappa shape index (κ3) is 8.49. The van der Waals surface area contributed by atoms with Crippen molar-refractivity contribution in [1.29, 1.82) is 0 Å². The molecule has 2 aromatic rings. The first kappa shape index (κ1) is 22.0. The van der Waals surface area contributed by atoms with Gasteiger partial charge in [0.15, 0.2) is 6.61 Å². The molecule has 0 aliphatic heterocycles. The van der Waals surface area contributed by atoms with Crippen LogP contribution in [0.5, 0.6) is 5.75 Å². The first-order valence-corrected chi connectivity index (χ1v) is 9.15. The summed E-state index contributed by atoms with van der Waals surface area (Å²) in [6.45, 7) is -0.309. The predicted molar refractivity (Wildman–Crippen MR) is 111 cm³/mol. The molecule has 0 saturated heterocycles. The normalized spacial score (nSPS) is 10.4. The minimum atomic E-state index is -0.587. The quantitative estimate of drug-likeness (QED) is 0.484. The predicted octanol–water partition coefficient (Wildman–Crippen LogP) is 3.05. The van der Waals surface area contributed by atoms with E-state index in [1.165, 1.54) is 6.08 Å². The van der Waals surface area contributed by atoms with E-state index in [1.807, 2.05) is 12.1 Å². The Morgan fingerprint density at radius 1 is 1.03 bits per heavy atom. The van der Waals surface area contributed by atoms with Gasteiger partial charge in [-0.3, -0.25) is 14.4 Å². The number of amides is 2. The second kappa shape index (κ2) is 11.5. The van der Waals surface area contributed by atoms with E-state index in [2.05, 4.69) is 10.6 Å². The minimum Gasteiger partial charge on any atom is -0.497 e. The van der Waals surface area contributed by atoms with Gasteiger partial charge in [0, 0.05) is 23.3 Å². The van der Waals surface area contributed by atoms with Crippen LogP contribution in [-0.4, -0.2) is 38.0 Å². The van der Waals surface area contributed by atoms with Gasteiger partial charge in [0.05, 0.1) is 13.5 Å². The van der Waals surface area contributed by atoms with Gasteiger partial charge in [0.2, 0.25) is 5.91 Å². The molecule has 0 radical (unpaired) electrons. The molecule has 8 heteroatoms. The molecule has 0 spiro atoms. The van der Waals surface area contributed by atoms with Crippen LogP contribution in [0.4, 0.5) is 5.69 Å². The number of rotatable bonds is 9. The molecule has 2 amide bonds. The maximum atomic E-state index is 11.8. The van der Waals surface area contributed by atoms with Gasteiger partial charge in [0.1, 0.15) is 5.75 Å². The molecule has 152 valence electrons. The van der Waals surface area contributed by atoms with Gasteiger partial charge in [-0.1, -0.05) is 23.7 Å². The summed E-state index contributed by atoms with van der Waals surface area (Å²) in [5.74, 6) is -0.663. The zero-order valence-electron chi connectivity index (χ0n) is 15.8. The summed E-state index contributed by atoms with van der Waals surface area (Å²) in [4.78, 5) is 35.2. The number of hydrogen-bond donors (Lipinski definition) is 2. The molecule has 0 atom stereocenters. The molecule has 0 saturated carbocycles. The van der Waals surface area contributed by atoms with Gasteiger partial charge >= 0.3 is 5.97 Å². The minimum absolute atomic E-state index is 0.0453. The highest BCUT2D eigenvalue weighted by Gasteiger charge is 2.08.